The van der Waals surface area contributed by atoms with Gasteiger partial charge in [0.25, 0.3) is 0 Å². The van der Waals surface area contributed by atoms with Crippen molar-refractivity contribution >= 4 is 0 Å². The zero-order chi connectivity index (χ0) is 7.84. The van der Waals surface area contributed by atoms with Crippen molar-refractivity contribution in [3.8, 4) is 0 Å². The van der Waals surface area contributed by atoms with E-state index >= 15 is 0 Å². The van der Waals surface area contributed by atoms with Crippen molar-refractivity contribution in [3.63, 3.8) is 0 Å². The average Bonchev–Trinajstić information content (AvgIpc) is 2.45. The lowest BCUT2D eigenvalue weighted by Crippen LogP contribution is -2.27. The van der Waals surface area contributed by atoms with Crippen molar-refractivity contribution in [2.75, 3.05) is 0 Å². The molecule has 62 valence electrons. The second kappa shape index (κ2) is 2.63. The highest BCUT2D eigenvalue weighted by atomic mass is 14.6. The molecule has 0 bridgehead atoms. The second-order valence-corrected chi connectivity index (χ2v) is 3.98. The van der Waals surface area contributed by atoms with E-state index in [1.165, 1.54) is 37.7 Å². The fourth-order valence-corrected chi connectivity index (χ4v) is 2.59. The van der Waals surface area contributed by atoms with Crippen LogP contribution in [-0.4, -0.2) is 6.04 Å². The first-order valence-corrected chi connectivity index (χ1v) is 4.74. The molecule has 0 amide bonds. The molecular formula is C10H17N. The van der Waals surface area contributed by atoms with E-state index in [1.54, 1.807) is 5.57 Å². The SMILES string of the molecule is CC1=C2CCCC2CCC1N. The molecule has 2 N–H and O–H groups in total. The topological polar surface area (TPSA) is 26.0 Å². The molecule has 2 rings (SSSR count). The minimum Gasteiger partial charge on any atom is -0.324 e. The predicted octanol–water partition coefficient (Wildman–Crippen LogP) is 2.22. The minimum absolute atomic E-state index is 0.388. The molecule has 0 spiro atoms. The van der Waals surface area contributed by atoms with Crippen LogP contribution in [0.2, 0.25) is 0 Å². The van der Waals surface area contributed by atoms with E-state index in [0.717, 1.165) is 5.92 Å². The van der Waals surface area contributed by atoms with Gasteiger partial charge in [0, 0.05) is 6.04 Å². The molecule has 1 nitrogen and oxygen atoms in total. The van der Waals surface area contributed by atoms with Gasteiger partial charge in [-0.25, -0.2) is 0 Å². The van der Waals surface area contributed by atoms with Crippen LogP contribution in [0.25, 0.3) is 0 Å². The number of allylic oxidation sites excluding steroid dienone is 1. The van der Waals surface area contributed by atoms with Gasteiger partial charge in [0.05, 0.1) is 0 Å². The van der Waals surface area contributed by atoms with E-state index in [9.17, 15) is 0 Å². The lowest BCUT2D eigenvalue weighted by Gasteiger charge is -2.26. The molecule has 0 aromatic heterocycles. The van der Waals surface area contributed by atoms with Crippen LogP contribution < -0.4 is 5.73 Å². The third-order valence-corrected chi connectivity index (χ3v) is 3.38. The Morgan fingerprint density at radius 3 is 2.91 bits per heavy atom. The van der Waals surface area contributed by atoms with Crippen molar-refractivity contribution in [2.24, 2.45) is 11.7 Å². The molecule has 0 radical (unpaired) electrons. The Bertz CT molecular complexity index is 193. The summed E-state index contributed by atoms with van der Waals surface area (Å²) in [5.41, 5.74) is 9.20. The van der Waals surface area contributed by atoms with Gasteiger partial charge in [-0.1, -0.05) is 11.1 Å². The van der Waals surface area contributed by atoms with Crippen LogP contribution in [0.5, 0.6) is 0 Å². The van der Waals surface area contributed by atoms with Crippen LogP contribution in [-0.2, 0) is 0 Å². The molecule has 1 fully saturated rings. The second-order valence-electron chi connectivity index (χ2n) is 3.98. The maximum atomic E-state index is 5.98. The summed E-state index contributed by atoms with van der Waals surface area (Å²) in [5, 5.41) is 0. The van der Waals surface area contributed by atoms with E-state index in [4.69, 9.17) is 5.73 Å². The predicted molar refractivity (Wildman–Crippen MR) is 47.3 cm³/mol. The summed E-state index contributed by atoms with van der Waals surface area (Å²) in [7, 11) is 0. The van der Waals surface area contributed by atoms with Crippen molar-refractivity contribution in [3.05, 3.63) is 11.1 Å². The summed E-state index contributed by atoms with van der Waals surface area (Å²) in [6, 6.07) is 0.388. The van der Waals surface area contributed by atoms with Gasteiger partial charge >= 0.3 is 0 Å². The quantitative estimate of drug-likeness (QED) is 0.528. The molecule has 2 aliphatic rings. The Kier molecular flexibility index (Phi) is 1.76. The van der Waals surface area contributed by atoms with E-state index in [1.807, 2.05) is 0 Å². The molecule has 0 aromatic carbocycles. The van der Waals surface area contributed by atoms with E-state index in [-0.39, 0.29) is 0 Å². The molecule has 0 saturated heterocycles. The Labute approximate surface area is 68.7 Å². The lowest BCUT2D eigenvalue weighted by atomic mass is 9.83. The highest BCUT2D eigenvalue weighted by Gasteiger charge is 2.28. The van der Waals surface area contributed by atoms with Crippen LogP contribution in [0.3, 0.4) is 0 Å². The highest BCUT2D eigenvalue weighted by Crippen LogP contribution is 2.40. The summed E-state index contributed by atoms with van der Waals surface area (Å²) in [6.45, 7) is 2.23. The number of fused-ring (bicyclic) bond motifs is 1. The Morgan fingerprint density at radius 1 is 1.27 bits per heavy atom. The molecule has 0 aliphatic heterocycles. The molecule has 0 heterocycles. The van der Waals surface area contributed by atoms with Crippen LogP contribution >= 0.6 is 0 Å². The molecule has 1 saturated carbocycles. The van der Waals surface area contributed by atoms with E-state index in [2.05, 4.69) is 6.92 Å². The van der Waals surface area contributed by atoms with Crippen LogP contribution in [0.4, 0.5) is 0 Å². The van der Waals surface area contributed by atoms with Crippen LogP contribution in [0.1, 0.15) is 39.0 Å². The largest absolute Gasteiger partial charge is 0.324 e. The first-order valence-electron chi connectivity index (χ1n) is 4.74. The first kappa shape index (κ1) is 7.35. The maximum absolute atomic E-state index is 5.98. The zero-order valence-corrected chi connectivity index (χ0v) is 7.27. The maximum Gasteiger partial charge on any atom is 0.0253 e. The van der Waals surface area contributed by atoms with Crippen molar-refractivity contribution in [1.82, 2.24) is 0 Å². The summed E-state index contributed by atoms with van der Waals surface area (Å²) in [5.74, 6) is 0.926. The normalized spacial score (nSPS) is 37.6. The smallest absolute Gasteiger partial charge is 0.0253 e. The van der Waals surface area contributed by atoms with Gasteiger partial charge in [-0.2, -0.15) is 0 Å². The van der Waals surface area contributed by atoms with Gasteiger partial charge in [0.2, 0.25) is 0 Å². The van der Waals surface area contributed by atoms with Gasteiger partial charge in [0.1, 0.15) is 0 Å². The van der Waals surface area contributed by atoms with E-state index < -0.39 is 0 Å². The monoisotopic (exact) mass is 151 g/mol. The van der Waals surface area contributed by atoms with Crippen LogP contribution in [0, 0.1) is 5.92 Å². The molecular weight excluding hydrogens is 134 g/mol. The lowest BCUT2D eigenvalue weighted by molar-refractivity contribution is 0.479. The Morgan fingerprint density at radius 2 is 2.09 bits per heavy atom. The summed E-state index contributed by atoms with van der Waals surface area (Å²) >= 11 is 0. The fraction of sp³-hybridized carbons (Fsp3) is 0.800. The Balaban J connectivity index is 2.28. The number of rotatable bonds is 0. The Hall–Kier alpha value is -0.300. The first-order chi connectivity index (χ1) is 5.29. The molecule has 2 unspecified atom stereocenters. The summed E-state index contributed by atoms with van der Waals surface area (Å²) < 4.78 is 0. The van der Waals surface area contributed by atoms with Crippen LogP contribution in [0.15, 0.2) is 11.1 Å². The minimum atomic E-state index is 0.388. The van der Waals surface area contributed by atoms with Crippen molar-refractivity contribution < 1.29 is 0 Å². The molecule has 11 heavy (non-hydrogen) atoms. The van der Waals surface area contributed by atoms with Gasteiger partial charge in [-0.15, -0.1) is 0 Å². The standard InChI is InChI=1S/C10H17N/c1-7-9-4-2-3-8(9)5-6-10(7)11/h8,10H,2-6,11H2,1H3. The van der Waals surface area contributed by atoms with Crippen molar-refractivity contribution in [2.45, 2.75) is 45.1 Å². The zero-order valence-electron chi connectivity index (χ0n) is 7.27. The van der Waals surface area contributed by atoms with Gasteiger partial charge in [-0.05, 0) is 44.9 Å². The summed E-state index contributed by atoms with van der Waals surface area (Å²) in [6.07, 6.45) is 6.75. The molecule has 0 aromatic rings. The van der Waals surface area contributed by atoms with Gasteiger partial charge < -0.3 is 5.73 Å². The third-order valence-electron chi connectivity index (χ3n) is 3.38. The fourth-order valence-electron chi connectivity index (χ4n) is 2.59. The number of nitrogens with two attached hydrogens (primary N) is 1. The van der Waals surface area contributed by atoms with E-state index in [0.29, 0.717) is 6.04 Å². The average molecular weight is 151 g/mol. The molecule has 1 heteroatoms. The third kappa shape index (κ3) is 1.12. The number of hydrogen-bond acceptors (Lipinski definition) is 1. The van der Waals surface area contributed by atoms with Crippen molar-refractivity contribution in [1.29, 1.82) is 0 Å². The summed E-state index contributed by atoms with van der Waals surface area (Å²) in [4.78, 5) is 0. The molecule has 2 atom stereocenters. The van der Waals surface area contributed by atoms with Gasteiger partial charge in [-0.3, -0.25) is 0 Å². The molecule has 2 aliphatic carbocycles. The number of hydrogen-bond donors (Lipinski definition) is 1. The highest BCUT2D eigenvalue weighted by molar-refractivity contribution is 5.25. The van der Waals surface area contributed by atoms with Gasteiger partial charge in [0.15, 0.2) is 0 Å².